The molecule has 0 radical (unpaired) electrons. The van der Waals surface area contributed by atoms with Crippen molar-refractivity contribution >= 4 is 0 Å². The van der Waals surface area contributed by atoms with Crippen LogP contribution in [0, 0.1) is 29.6 Å². The molecule has 1 nitrogen and oxygen atoms in total. The first-order chi connectivity index (χ1) is 8.00. The Bertz CT molecular complexity index is 347. The first-order valence-corrected chi connectivity index (χ1v) is 6.94. The Morgan fingerprint density at radius 3 is 2.62 bits per heavy atom. The van der Waals surface area contributed by atoms with E-state index in [1.807, 2.05) is 0 Å². The van der Waals surface area contributed by atoms with E-state index in [0.29, 0.717) is 18.0 Å². The van der Waals surface area contributed by atoms with Gasteiger partial charge in [0.1, 0.15) is 0 Å². The fourth-order valence-corrected chi connectivity index (χ4v) is 4.54. The third-order valence-corrected chi connectivity index (χ3v) is 5.10. The van der Waals surface area contributed by atoms with Gasteiger partial charge in [0, 0.05) is 18.6 Å². The number of allylic oxidation sites excluding steroid dienone is 2. The molecule has 0 amide bonds. The van der Waals surface area contributed by atoms with Gasteiger partial charge in [0.25, 0.3) is 0 Å². The Morgan fingerprint density at radius 1 is 1.25 bits per heavy atom. The predicted octanol–water partition coefficient (Wildman–Crippen LogP) is 3.17. The normalized spacial score (nSPS) is 47.8. The van der Waals surface area contributed by atoms with Crippen LogP contribution in [0.4, 0.5) is 0 Å². The van der Waals surface area contributed by atoms with Gasteiger partial charge in [-0.1, -0.05) is 26.0 Å². The van der Waals surface area contributed by atoms with Crippen molar-refractivity contribution < 1.29 is 1.37 Å². The molecule has 3 rings (SSSR count). The summed E-state index contributed by atoms with van der Waals surface area (Å²) < 4.78 is 8.12. The lowest BCUT2D eigenvalue weighted by Crippen LogP contribution is -2.42. The molecule has 0 N–H and O–H groups in total. The maximum Gasteiger partial charge on any atom is 0.0576 e. The molecular formula is C15H25N. The summed E-state index contributed by atoms with van der Waals surface area (Å²) in [6.45, 7) is 10.7. The number of nitrogens with zero attached hydrogens (tertiary/aromatic N) is 1. The highest BCUT2D eigenvalue weighted by molar-refractivity contribution is 5.19. The number of fused-ring (bicyclic) bond motifs is 5. The first-order valence-electron chi connectivity index (χ1n) is 7.44. The van der Waals surface area contributed by atoms with E-state index in [1.165, 1.54) is 13.0 Å². The number of likely N-dealkylation sites (tertiary alicyclic amines) is 1. The summed E-state index contributed by atoms with van der Waals surface area (Å²) in [7, 11) is 0. The lowest BCUT2D eigenvalue weighted by atomic mass is 9.78. The maximum absolute atomic E-state index is 8.12. The molecule has 1 saturated carbocycles. The van der Waals surface area contributed by atoms with Crippen molar-refractivity contribution in [1.82, 2.24) is 4.90 Å². The molecule has 1 saturated heterocycles. The molecule has 2 bridgehead atoms. The van der Waals surface area contributed by atoms with E-state index in [1.54, 1.807) is 0 Å². The van der Waals surface area contributed by atoms with Gasteiger partial charge >= 0.3 is 0 Å². The van der Waals surface area contributed by atoms with Crippen molar-refractivity contribution in [2.75, 3.05) is 6.54 Å². The minimum Gasteiger partial charge on any atom is -0.297 e. The van der Waals surface area contributed by atoms with Crippen LogP contribution in [-0.2, 0) is 0 Å². The highest BCUT2D eigenvalue weighted by Gasteiger charge is 2.55. The lowest BCUT2D eigenvalue weighted by Gasteiger charge is -2.35. The topological polar surface area (TPSA) is 3.24 Å². The Morgan fingerprint density at radius 2 is 2.00 bits per heavy atom. The van der Waals surface area contributed by atoms with Crippen LogP contribution in [0.25, 0.3) is 0 Å². The molecule has 2 fully saturated rings. The molecule has 2 aliphatic carbocycles. The quantitative estimate of drug-likeness (QED) is 0.646. The molecule has 1 heterocycles. The molecule has 0 aromatic rings. The van der Waals surface area contributed by atoms with Crippen LogP contribution in [0.3, 0.4) is 0 Å². The zero-order chi connectivity index (χ0) is 12.3. The monoisotopic (exact) mass is 220 g/mol. The zero-order valence-corrected chi connectivity index (χ0v) is 11.0. The van der Waals surface area contributed by atoms with Crippen molar-refractivity contribution in [3.8, 4) is 0 Å². The van der Waals surface area contributed by atoms with Crippen LogP contribution in [0.2, 0.25) is 0 Å². The highest BCUT2D eigenvalue weighted by Crippen LogP contribution is 2.55. The Kier molecular flexibility index (Phi) is 2.18. The first kappa shape index (κ1) is 9.70. The average molecular weight is 220 g/mol. The van der Waals surface area contributed by atoms with Gasteiger partial charge in [-0.3, -0.25) is 4.90 Å². The summed E-state index contributed by atoms with van der Waals surface area (Å²) in [4.78, 5) is 2.71. The van der Waals surface area contributed by atoms with E-state index in [-0.39, 0.29) is 0 Å². The van der Waals surface area contributed by atoms with Gasteiger partial charge in [-0.25, -0.2) is 0 Å². The smallest absolute Gasteiger partial charge is 0.0576 e. The minimum atomic E-state index is 0.584. The molecule has 5 unspecified atom stereocenters. The second-order valence-electron chi connectivity index (χ2n) is 6.61. The van der Waals surface area contributed by atoms with Gasteiger partial charge in [-0.15, -0.1) is 0 Å². The van der Waals surface area contributed by atoms with Crippen LogP contribution in [-0.4, -0.2) is 23.5 Å². The standard InChI is InChI=1S/C15H25N/c1-9(2)15-14-12-6-5-11(7-12)13(14)8-16(15)10(3)4/h5-6,9-15H,7-8H2,1-4H3/i6D. The molecule has 90 valence electrons. The molecule has 16 heavy (non-hydrogen) atoms. The van der Waals surface area contributed by atoms with Gasteiger partial charge in [0.05, 0.1) is 1.37 Å². The molecule has 0 aromatic heterocycles. The second-order valence-corrected chi connectivity index (χ2v) is 6.61. The van der Waals surface area contributed by atoms with Crippen molar-refractivity contribution in [3.63, 3.8) is 0 Å². The number of hydrogen-bond acceptors (Lipinski definition) is 1. The Hall–Kier alpha value is -0.300. The van der Waals surface area contributed by atoms with Crippen LogP contribution >= 0.6 is 0 Å². The van der Waals surface area contributed by atoms with Crippen LogP contribution in [0.15, 0.2) is 12.1 Å². The van der Waals surface area contributed by atoms with E-state index in [2.05, 4.69) is 38.7 Å². The van der Waals surface area contributed by atoms with Crippen LogP contribution in [0.1, 0.15) is 35.5 Å². The summed E-state index contributed by atoms with van der Waals surface area (Å²) in [5, 5.41) is 0. The fourth-order valence-electron chi connectivity index (χ4n) is 4.54. The fraction of sp³-hybridized carbons (Fsp3) is 0.867. The van der Waals surface area contributed by atoms with Crippen LogP contribution < -0.4 is 0 Å². The molecule has 1 aliphatic heterocycles. The Balaban J connectivity index is 1.91. The van der Waals surface area contributed by atoms with Gasteiger partial charge in [-0.05, 0) is 49.9 Å². The van der Waals surface area contributed by atoms with Gasteiger partial charge in [0.2, 0.25) is 0 Å². The third-order valence-electron chi connectivity index (χ3n) is 5.10. The Labute approximate surface area is 101 Å². The highest BCUT2D eigenvalue weighted by atomic mass is 15.2. The van der Waals surface area contributed by atoms with Gasteiger partial charge in [0.15, 0.2) is 0 Å². The molecular weight excluding hydrogens is 194 g/mol. The van der Waals surface area contributed by atoms with E-state index < -0.39 is 0 Å². The van der Waals surface area contributed by atoms with Crippen molar-refractivity contribution in [1.29, 1.82) is 0 Å². The van der Waals surface area contributed by atoms with Crippen molar-refractivity contribution in [2.45, 2.75) is 46.2 Å². The largest absolute Gasteiger partial charge is 0.297 e. The molecule has 5 atom stereocenters. The SMILES string of the molecule is [2H]C1=CC2CC1C1C2CN(C(C)C)C1C(C)C. The van der Waals surface area contributed by atoms with E-state index in [0.717, 1.165) is 29.7 Å². The van der Waals surface area contributed by atoms with E-state index >= 15 is 0 Å². The van der Waals surface area contributed by atoms with Crippen molar-refractivity contribution in [3.05, 3.63) is 12.1 Å². The summed E-state index contributed by atoms with van der Waals surface area (Å²) in [6, 6.07) is 2.32. The van der Waals surface area contributed by atoms with Gasteiger partial charge in [-0.2, -0.15) is 0 Å². The number of hydrogen-bond donors (Lipinski definition) is 0. The summed E-state index contributed by atoms with van der Waals surface area (Å²) >= 11 is 0. The second kappa shape index (κ2) is 3.60. The molecule has 1 heteroatoms. The maximum atomic E-state index is 8.12. The zero-order valence-electron chi connectivity index (χ0n) is 12.0. The van der Waals surface area contributed by atoms with E-state index in [9.17, 15) is 0 Å². The van der Waals surface area contributed by atoms with Gasteiger partial charge < -0.3 is 0 Å². The van der Waals surface area contributed by atoms with E-state index in [4.69, 9.17) is 1.37 Å². The van der Waals surface area contributed by atoms with Crippen LogP contribution in [0.5, 0.6) is 0 Å². The molecule has 0 aromatic carbocycles. The summed E-state index contributed by atoms with van der Waals surface area (Å²) in [5.41, 5.74) is 0. The summed E-state index contributed by atoms with van der Waals surface area (Å²) in [6.07, 6.45) is 3.54. The summed E-state index contributed by atoms with van der Waals surface area (Å²) in [5.74, 6) is 3.66. The predicted molar refractivity (Wildman–Crippen MR) is 68.2 cm³/mol. The lowest BCUT2D eigenvalue weighted by molar-refractivity contribution is 0.128. The average Bonchev–Trinajstić information content (AvgIpc) is 2.83. The minimum absolute atomic E-state index is 0.584. The number of rotatable bonds is 2. The van der Waals surface area contributed by atoms with Crippen molar-refractivity contribution in [2.24, 2.45) is 29.6 Å². The third kappa shape index (κ3) is 1.33. The molecule has 0 spiro atoms. The molecule has 3 aliphatic rings.